The molecule has 220 valence electrons. The monoisotopic (exact) mass is 558 g/mol. The summed E-state index contributed by atoms with van der Waals surface area (Å²) >= 11 is 0. The van der Waals surface area contributed by atoms with E-state index in [0.29, 0.717) is 0 Å². The second-order valence-electron chi connectivity index (χ2n) is 7.37. The summed E-state index contributed by atoms with van der Waals surface area (Å²) in [6.07, 6.45) is -12.7. The predicted molar refractivity (Wildman–Crippen MR) is 123 cm³/mol. The van der Waals surface area contributed by atoms with Crippen molar-refractivity contribution < 1.29 is 64.7 Å². The van der Waals surface area contributed by atoms with Crippen molar-refractivity contribution in [3.8, 4) is 0 Å². The van der Waals surface area contributed by atoms with Crippen LogP contribution in [0.4, 0.5) is 22.6 Å². The van der Waals surface area contributed by atoms with Crippen LogP contribution < -0.4 is 28.7 Å². The average molecular weight is 559 g/mol. The molecule has 0 aromatic carbocycles. The Morgan fingerprint density at radius 2 is 1.24 bits per heavy atom. The SMILES string of the molecule is C=O.NC(N)=O.Nc1nc(N)nc(N)n1.OC[C@H]1O[C@@](CO)(O[C@H]2O[C@H](CO)[C@@H](O)[C@H](O)[C@H]2O)[C@@H](O)[C@@H]1O. The molecule has 2 fully saturated rings. The molecule has 1 aromatic heterocycles. The number of rotatable bonds is 5. The quantitative estimate of drug-likeness (QED) is 0.159. The van der Waals surface area contributed by atoms with Crippen molar-refractivity contribution in [2.75, 3.05) is 37.0 Å². The van der Waals surface area contributed by atoms with E-state index >= 15 is 0 Å². The predicted octanol–water partition coefficient (Wildman–Crippen LogP) is -7.94. The zero-order chi connectivity index (χ0) is 29.8. The van der Waals surface area contributed by atoms with E-state index in [1.54, 1.807) is 0 Å². The summed E-state index contributed by atoms with van der Waals surface area (Å²) in [4.78, 5) is 27.5. The summed E-state index contributed by atoms with van der Waals surface area (Å²) < 4.78 is 15.4. The summed E-state index contributed by atoms with van der Waals surface area (Å²) in [6, 6.07) is -0.833. The first-order valence-electron chi connectivity index (χ1n) is 10.3. The fourth-order valence-electron chi connectivity index (χ4n) is 3.06. The fourth-order valence-corrected chi connectivity index (χ4v) is 3.06. The molecular formula is C17H34N8O13. The highest BCUT2D eigenvalue weighted by molar-refractivity contribution is 5.69. The van der Waals surface area contributed by atoms with E-state index in [9.17, 15) is 30.6 Å². The van der Waals surface area contributed by atoms with Crippen LogP contribution >= 0.6 is 0 Å². The number of primary amides is 2. The van der Waals surface area contributed by atoms with E-state index in [1.807, 2.05) is 6.79 Å². The van der Waals surface area contributed by atoms with Crippen molar-refractivity contribution in [3.05, 3.63) is 0 Å². The number of nitrogens with two attached hydrogens (primary N) is 5. The Labute approximate surface area is 214 Å². The average Bonchev–Trinajstić information content (AvgIpc) is 3.09. The highest BCUT2D eigenvalue weighted by atomic mass is 16.8. The van der Waals surface area contributed by atoms with Crippen molar-refractivity contribution in [2.24, 2.45) is 11.5 Å². The molecule has 3 rings (SSSR count). The topological polar surface area (TPSA) is 392 Å². The van der Waals surface area contributed by atoms with Crippen molar-refractivity contribution in [3.63, 3.8) is 0 Å². The van der Waals surface area contributed by atoms with Gasteiger partial charge in [0.25, 0.3) is 0 Å². The fraction of sp³-hybridized carbons (Fsp3) is 0.706. The van der Waals surface area contributed by atoms with Crippen LogP contribution in [-0.2, 0) is 19.0 Å². The molecule has 0 saturated carbocycles. The molecule has 0 bridgehead atoms. The number of aromatic nitrogens is 3. The minimum absolute atomic E-state index is 0.0417. The molecule has 0 unspecified atom stereocenters. The third-order valence-electron chi connectivity index (χ3n) is 4.76. The summed E-state index contributed by atoms with van der Waals surface area (Å²) in [6.45, 7) is -0.322. The van der Waals surface area contributed by atoms with Crippen molar-refractivity contribution in [2.45, 2.75) is 54.8 Å². The molecular weight excluding hydrogens is 524 g/mol. The Bertz CT molecular complexity index is 804. The van der Waals surface area contributed by atoms with Gasteiger partial charge in [0.15, 0.2) is 6.29 Å². The summed E-state index contributed by atoms with van der Waals surface area (Å²) in [7, 11) is 0. The lowest BCUT2D eigenvalue weighted by molar-refractivity contribution is -0.383. The molecule has 2 aliphatic rings. The summed E-state index contributed by atoms with van der Waals surface area (Å²) in [5.41, 5.74) is 23.9. The molecule has 9 atom stereocenters. The maximum Gasteiger partial charge on any atom is 0.309 e. The van der Waals surface area contributed by atoms with Crippen LogP contribution in [-0.4, -0.2) is 143 Å². The van der Waals surface area contributed by atoms with E-state index in [1.165, 1.54) is 0 Å². The molecule has 1 aromatic rings. The Kier molecular flexibility index (Phi) is 14.7. The molecule has 18 N–H and O–H groups in total. The summed E-state index contributed by atoms with van der Waals surface area (Å²) in [5.74, 6) is -2.10. The zero-order valence-electron chi connectivity index (χ0n) is 19.8. The largest absolute Gasteiger partial charge is 0.394 e. The Balaban J connectivity index is 0.000000750. The van der Waals surface area contributed by atoms with Crippen LogP contribution in [0.15, 0.2) is 0 Å². The first-order valence-corrected chi connectivity index (χ1v) is 10.3. The van der Waals surface area contributed by atoms with Gasteiger partial charge in [-0.15, -0.1) is 0 Å². The molecule has 2 saturated heterocycles. The van der Waals surface area contributed by atoms with Crippen LogP contribution in [0, 0.1) is 0 Å². The van der Waals surface area contributed by atoms with Crippen LogP contribution in [0.25, 0.3) is 0 Å². The van der Waals surface area contributed by atoms with E-state index in [4.69, 9.17) is 51.2 Å². The zero-order valence-corrected chi connectivity index (χ0v) is 19.8. The van der Waals surface area contributed by atoms with E-state index in [-0.39, 0.29) is 17.8 Å². The molecule has 38 heavy (non-hydrogen) atoms. The first-order chi connectivity index (χ1) is 17.7. The summed E-state index contributed by atoms with van der Waals surface area (Å²) in [5, 5.41) is 76.7. The third kappa shape index (κ3) is 9.34. The number of aliphatic hydroxyl groups is 8. The molecule has 2 aliphatic heterocycles. The first kappa shape index (κ1) is 34.9. The minimum Gasteiger partial charge on any atom is -0.394 e. The van der Waals surface area contributed by atoms with E-state index < -0.39 is 80.7 Å². The van der Waals surface area contributed by atoms with E-state index in [2.05, 4.69) is 26.4 Å². The van der Waals surface area contributed by atoms with Gasteiger partial charge < -0.3 is 88.5 Å². The molecule has 0 radical (unpaired) electrons. The lowest BCUT2D eigenvalue weighted by Gasteiger charge is -2.43. The van der Waals surface area contributed by atoms with Gasteiger partial charge in [0.1, 0.15) is 56.1 Å². The van der Waals surface area contributed by atoms with Crippen molar-refractivity contribution >= 4 is 30.7 Å². The maximum absolute atomic E-state index is 10.00. The van der Waals surface area contributed by atoms with Crippen LogP contribution in [0.5, 0.6) is 0 Å². The number of amides is 2. The highest BCUT2D eigenvalue weighted by Crippen LogP contribution is 2.35. The number of urea groups is 1. The number of nitrogens with zero attached hydrogens (tertiary/aromatic N) is 3. The van der Waals surface area contributed by atoms with Gasteiger partial charge >= 0.3 is 6.03 Å². The number of anilines is 3. The third-order valence-corrected chi connectivity index (χ3v) is 4.76. The second kappa shape index (κ2) is 16.0. The van der Waals surface area contributed by atoms with Gasteiger partial charge in [-0.3, -0.25) is 0 Å². The van der Waals surface area contributed by atoms with Crippen molar-refractivity contribution in [1.82, 2.24) is 15.0 Å². The Hall–Kier alpha value is -3.09. The van der Waals surface area contributed by atoms with Crippen LogP contribution in [0.3, 0.4) is 0 Å². The lowest BCUT2D eigenvalue weighted by Crippen LogP contribution is -2.62. The number of carbonyl (C=O) groups is 2. The van der Waals surface area contributed by atoms with Gasteiger partial charge in [0.2, 0.25) is 23.6 Å². The minimum atomic E-state index is -2.22. The van der Waals surface area contributed by atoms with E-state index in [0.717, 1.165) is 0 Å². The number of hydrogen-bond donors (Lipinski definition) is 13. The standard InChI is InChI=1S/C12H22O11.C3H6N6.CH4N2O.CH2O/c13-1-4-6(16)8(18)9(19)11(21-4)23-12(3-15)10(20)7(17)5(2-14)22-12;4-1-7-2(5)9-3(6)8-1;2-1(3)4;1-2/h4-11,13-20H,1-3H2;(H6,4,5,6,7,8,9);(H4,2,3,4);1H2/t4-,5-,6-,7-,8+,9-,10+,11-,12+;;;/m1.../s1. The second-order valence-corrected chi connectivity index (χ2v) is 7.37. The highest BCUT2D eigenvalue weighted by Gasteiger charge is 2.58. The van der Waals surface area contributed by atoms with Crippen LogP contribution in [0.2, 0.25) is 0 Å². The molecule has 0 spiro atoms. The lowest BCUT2D eigenvalue weighted by atomic mass is 9.99. The number of nitrogen functional groups attached to an aromatic ring is 3. The van der Waals surface area contributed by atoms with Gasteiger partial charge in [0, 0.05) is 0 Å². The number of carbonyl (C=O) groups excluding carboxylic acids is 2. The maximum atomic E-state index is 10.00. The number of hydrogen-bond acceptors (Lipinski definition) is 19. The molecule has 2 amide bonds. The van der Waals surface area contributed by atoms with Crippen molar-refractivity contribution in [1.29, 1.82) is 0 Å². The molecule has 21 heteroatoms. The van der Waals surface area contributed by atoms with Gasteiger partial charge in [-0.25, -0.2) is 4.79 Å². The molecule has 21 nitrogen and oxygen atoms in total. The van der Waals surface area contributed by atoms with Gasteiger partial charge in [0.05, 0.1) is 13.2 Å². The number of aliphatic hydroxyl groups excluding tert-OH is 8. The Morgan fingerprint density at radius 3 is 1.58 bits per heavy atom. The van der Waals surface area contributed by atoms with Gasteiger partial charge in [-0.1, -0.05) is 0 Å². The van der Waals surface area contributed by atoms with Gasteiger partial charge in [-0.2, -0.15) is 15.0 Å². The normalized spacial score (nSPS) is 33.9. The molecule has 0 aliphatic carbocycles. The number of ether oxygens (including phenoxy) is 3. The van der Waals surface area contributed by atoms with Gasteiger partial charge in [-0.05, 0) is 0 Å². The molecule has 3 heterocycles. The smallest absolute Gasteiger partial charge is 0.309 e. The Morgan fingerprint density at radius 1 is 0.816 bits per heavy atom. The van der Waals surface area contributed by atoms with Crippen LogP contribution in [0.1, 0.15) is 0 Å².